The van der Waals surface area contributed by atoms with E-state index in [1.807, 2.05) is 18.2 Å². The molecule has 0 radical (unpaired) electrons. The molecule has 3 nitrogen and oxygen atoms in total. The lowest BCUT2D eigenvalue weighted by atomic mass is 10.0. The van der Waals surface area contributed by atoms with Gasteiger partial charge in [-0.25, -0.2) is 0 Å². The first kappa shape index (κ1) is 14.7. The fourth-order valence-electron chi connectivity index (χ4n) is 2.94. The zero-order chi connectivity index (χ0) is 14.4. The van der Waals surface area contributed by atoms with Crippen molar-refractivity contribution in [2.75, 3.05) is 19.0 Å². The van der Waals surface area contributed by atoms with Gasteiger partial charge in [-0.2, -0.15) is 0 Å². The lowest BCUT2D eigenvalue weighted by molar-refractivity contribution is -0.481. The van der Waals surface area contributed by atoms with Crippen LogP contribution in [0.15, 0.2) is 54.6 Å². The Balaban J connectivity index is 0.00000144. The summed E-state index contributed by atoms with van der Waals surface area (Å²) in [6, 6.07) is 18.7. The van der Waals surface area contributed by atoms with Crippen LogP contribution in [0.1, 0.15) is 0 Å². The van der Waals surface area contributed by atoms with Gasteiger partial charge in [0.25, 0.3) is 0 Å². The molecule has 4 rings (SSSR count). The summed E-state index contributed by atoms with van der Waals surface area (Å²) < 4.78 is 6.07. The van der Waals surface area contributed by atoms with Gasteiger partial charge in [-0.3, -0.25) is 5.32 Å². The number of ether oxygens (including phenoxy) is 1. The monoisotopic (exact) mass is 312 g/mol. The van der Waals surface area contributed by atoms with Crippen molar-refractivity contribution in [3.05, 3.63) is 54.6 Å². The van der Waals surface area contributed by atoms with Crippen molar-refractivity contribution in [1.29, 1.82) is 0 Å². The van der Waals surface area contributed by atoms with Crippen LogP contribution in [0.4, 0.5) is 17.1 Å². The Hall–Kier alpha value is -2.23. The summed E-state index contributed by atoms with van der Waals surface area (Å²) in [5.74, 6) is 1.85. The molecular formula is C18H17ClN2O. The Morgan fingerprint density at radius 2 is 1.68 bits per heavy atom. The van der Waals surface area contributed by atoms with Crippen LogP contribution < -0.4 is 27.4 Å². The van der Waals surface area contributed by atoms with Gasteiger partial charge in [0.1, 0.15) is 0 Å². The Morgan fingerprint density at radius 3 is 2.50 bits per heavy atom. The normalized spacial score (nSPS) is 11.9. The van der Waals surface area contributed by atoms with E-state index in [-0.39, 0.29) is 12.4 Å². The first-order chi connectivity index (χ1) is 10.2. The van der Waals surface area contributed by atoms with Gasteiger partial charge in [0.15, 0.2) is 22.9 Å². The van der Waals surface area contributed by atoms with Crippen molar-refractivity contribution in [2.45, 2.75) is 0 Å². The van der Waals surface area contributed by atoms with Gasteiger partial charge < -0.3 is 22.0 Å². The Bertz CT molecular complexity index is 846. The highest BCUT2D eigenvalue weighted by atomic mass is 35.5. The topological polar surface area (TPSA) is 29.1 Å². The number of nitrogens with zero attached hydrogens (tertiary/aromatic N) is 1. The molecule has 1 aliphatic heterocycles. The van der Waals surface area contributed by atoms with Gasteiger partial charge in [-0.15, -0.1) is 0 Å². The molecule has 0 spiro atoms. The molecule has 3 aromatic carbocycles. The maximum absolute atomic E-state index is 6.07. The van der Waals surface area contributed by atoms with E-state index in [1.165, 1.54) is 16.5 Å². The fraction of sp³-hybridized carbons (Fsp3) is 0.111. The van der Waals surface area contributed by atoms with Crippen LogP contribution in [-0.2, 0) is 0 Å². The lowest BCUT2D eigenvalue weighted by Crippen LogP contribution is -3.00. The largest absolute Gasteiger partial charge is 1.00 e. The van der Waals surface area contributed by atoms with Crippen molar-refractivity contribution in [3.63, 3.8) is 0 Å². The first-order valence-electron chi connectivity index (χ1n) is 7.09. The summed E-state index contributed by atoms with van der Waals surface area (Å²) in [4.78, 5) is 2.15. The van der Waals surface area contributed by atoms with Crippen LogP contribution in [0.5, 0.6) is 11.5 Å². The van der Waals surface area contributed by atoms with Crippen LogP contribution in [0, 0.1) is 0 Å². The molecule has 112 valence electrons. The fourth-order valence-corrected chi connectivity index (χ4v) is 2.94. The average Bonchev–Trinajstić information content (AvgIpc) is 2.52. The molecule has 0 aliphatic carbocycles. The second kappa shape index (κ2) is 5.52. The number of anilines is 1. The number of para-hydroxylation sites is 2. The number of benzene rings is 3. The average molecular weight is 313 g/mol. The molecule has 0 saturated carbocycles. The SMILES string of the molecule is CN(C)c1cccc2ccc3c(c12)[NH2+]c1ccccc1O3.[Cl-]. The van der Waals surface area contributed by atoms with E-state index < -0.39 is 0 Å². The number of hydrogen-bond acceptors (Lipinski definition) is 2. The van der Waals surface area contributed by atoms with E-state index in [1.54, 1.807) is 0 Å². The third-order valence-corrected chi connectivity index (χ3v) is 3.94. The number of fused-ring (bicyclic) bond motifs is 4. The molecule has 4 heteroatoms. The molecule has 22 heavy (non-hydrogen) atoms. The summed E-state index contributed by atoms with van der Waals surface area (Å²) in [5, 5.41) is 4.71. The van der Waals surface area contributed by atoms with E-state index in [9.17, 15) is 0 Å². The zero-order valence-corrected chi connectivity index (χ0v) is 13.3. The molecule has 3 aromatic rings. The Labute approximate surface area is 135 Å². The highest BCUT2D eigenvalue weighted by Crippen LogP contribution is 2.42. The number of quaternary nitrogens is 1. The summed E-state index contributed by atoms with van der Waals surface area (Å²) in [7, 11) is 4.15. The molecule has 0 aromatic heterocycles. The minimum Gasteiger partial charge on any atom is -1.00 e. The molecule has 0 atom stereocenters. The molecule has 0 saturated heterocycles. The smallest absolute Gasteiger partial charge is 0.189 e. The van der Waals surface area contributed by atoms with Crippen LogP contribution in [0.2, 0.25) is 0 Å². The van der Waals surface area contributed by atoms with Gasteiger partial charge in [0.05, 0.1) is 11.1 Å². The molecule has 1 aliphatic rings. The van der Waals surface area contributed by atoms with Crippen molar-refractivity contribution in [1.82, 2.24) is 0 Å². The van der Waals surface area contributed by atoms with Crippen molar-refractivity contribution >= 4 is 27.8 Å². The predicted molar refractivity (Wildman–Crippen MR) is 86.0 cm³/mol. The van der Waals surface area contributed by atoms with Crippen LogP contribution in [0.25, 0.3) is 10.8 Å². The van der Waals surface area contributed by atoms with Gasteiger partial charge >= 0.3 is 0 Å². The lowest BCUT2D eigenvalue weighted by Gasteiger charge is -2.21. The maximum Gasteiger partial charge on any atom is 0.189 e. The third kappa shape index (κ3) is 2.19. The zero-order valence-electron chi connectivity index (χ0n) is 12.5. The van der Waals surface area contributed by atoms with E-state index in [2.05, 4.69) is 60.7 Å². The third-order valence-electron chi connectivity index (χ3n) is 3.94. The molecular weight excluding hydrogens is 296 g/mol. The van der Waals surface area contributed by atoms with Crippen LogP contribution in [-0.4, -0.2) is 14.1 Å². The molecule has 0 amide bonds. The summed E-state index contributed by atoms with van der Waals surface area (Å²) in [6.07, 6.45) is 0. The van der Waals surface area contributed by atoms with E-state index in [4.69, 9.17) is 4.74 Å². The van der Waals surface area contributed by atoms with Crippen molar-refractivity contribution in [3.8, 4) is 11.5 Å². The summed E-state index contributed by atoms with van der Waals surface area (Å²) >= 11 is 0. The number of rotatable bonds is 1. The molecule has 0 bridgehead atoms. The predicted octanol–water partition coefficient (Wildman–Crippen LogP) is 0.542. The van der Waals surface area contributed by atoms with Gasteiger partial charge in [0.2, 0.25) is 0 Å². The molecule has 2 N–H and O–H groups in total. The van der Waals surface area contributed by atoms with Crippen LogP contribution in [0.3, 0.4) is 0 Å². The van der Waals surface area contributed by atoms with E-state index in [0.29, 0.717) is 0 Å². The minimum absolute atomic E-state index is 0. The highest BCUT2D eigenvalue weighted by molar-refractivity contribution is 6.03. The summed E-state index contributed by atoms with van der Waals surface area (Å²) in [6.45, 7) is 0. The Kier molecular flexibility index (Phi) is 3.69. The molecule has 0 fully saturated rings. The molecule has 0 unspecified atom stereocenters. The maximum atomic E-state index is 6.07. The van der Waals surface area contributed by atoms with Crippen molar-refractivity contribution < 1.29 is 22.5 Å². The van der Waals surface area contributed by atoms with E-state index in [0.717, 1.165) is 22.9 Å². The number of nitrogens with two attached hydrogens (primary N) is 1. The first-order valence-corrected chi connectivity index (χ1v) is 7.09. The molecule has 1 heterocycles. The second-order valence-electron chi connectivity index (χ2n) is 5.53. The van der Waals surface area contributed by atoms with Crippen molar-refractivity contribution in [2.24, 2.45) is 0 Å². The minimum atomic E-state index is 0. The van der Waals surface area contributed by atoms with Gasteiger partial charge in [-0.05, 0) is 23.6 Å². The quantitative estimate of drug-likeness (QED) is 0.520. The number of halogens is 1. The van der Waals surface area contributed by atoms with Gasteiger partial charge in [-0.1, -0.05) is 30.3 Å². The second-order valence-corrected chi connectivity index (χ2v) is 5.53. The standard InChI is InChI=1S/C18H16N2O.ClH/c1-20(2)14-8-5-6-12-10-11-16-18(17(12)14)19-13-7-3-4-9-15(13)21-16;/h3-11,19H,1-2H3;1H. The van der Waals surface area contributed by atoms with Gasteiger partial charge in [0, 0.05) is 20.2 Å². The highest BCUT2D eigenvalue weighted by Gasteiger charge is 2.24. The Morgan fingerprint density at radius 1 is 0.864 bits per heavy atom. The van der Waals surface area contributed by atoms with Crippen LogP contribution >= 0.6 is 0 Å². The number of hydrogen-bond donors (Lipinski definition) is 1. The van der Waals surface area contributed by atoms with E-state index >= 15 is 0 Å². The summed E-state index contributed by atoms with van der Waals surface area (Å²) in [5.41, 5.74) is 3.50.